The molecule has 0 aromatic rings. The average Bonchev–Trinajstić information content (AvgIpc) is 3.07. The van der Waals surface area contributed by atoms with Gasteiger partial charge in [-0.2, -0.15) is 0 Å². The van der Waals surface area contributed by atoms with E-state index < -0.39 is 0 Å². The first-order chi connectivity index (χ1) is 12.0. The maximum atomic E-state index is 10.2. The second-order valence-electron chi connectivity index (χ2n) is 6.89. The van der Waals surface area contributed by atoms with Gasteiger partial charge >= 0.3 is 0 Å². The van der Waals surface area contributed by atoms with Gasteiger partial charge in [-0.15, -0.1) is 0 Å². The van der Waals surface area contributed by atoms with Crippen LogP contribution in [-0.4, -0.2) is 10.6 Å². The predicted octanol–water partition coefficient (Wildman–Crippen LogP) is 7.26. The fraction of sp³-hybridized carbons (Fsp3) is 0.583. The zero-order chi connectivity index (χ0) is 19.2. The number of aliphatic hydroxyl groups is 1. The normalized spacial score (nSPS) is 17.8. The zero-order valence-electron chi connectivity index (χ0n) is 17.8. The van der Waals surface area contributed by atoms with Crippen LogP contribution in [0.15, 0.2) is 59.9 Å². The van der Waals surface area contributed by atoms with E-state index in [1.807, 2.05) is 26.8 Å². The molecule has 150 valence electrons. The molecule has 1 rings (SSSR count). The summed E-state index contributed by atoms with van der Waals surface area (Å²) in [5.74, 6) is 1.43. The summed E-state index contributed by atoms with van der Waals surface area (Å²) in [4.78, 5) is 0. The first kappa shape index (κ1) is 26.7. The molecule has 2 unspecified atom stereocenters. The van der Waals surface area contributed by atoms with Crippen molar-refractivity contribution >= 4 is 0 Å². The molecule has 0 heterocycles. The lowest BCUT2D eigenvalue weighted by Crippen LogP contribution is -2.00. The number of hydrogen-bond donors (Lipinski definition) is 1. The molecule has 0 amide bonds. The van der Waals surface area contributed by atoms with Gasteiger partial charge in [0.05, 0.1) is 0 Å². The third-order valence-corrected chi connectivity index (χ3v) is 4.73. The molecule has 2 heteroatoms. The molecule has 26 heavy (non-hydrogen) atoms. The Hall–Kier alpha value is -1.54. The van der Waals surface area contributed by atoms with Gasteiger partial charge in [0, 0.05) is 0 Å². The highest BCUT2D eigenvalue weighted by molar-refractivity contribution is 5.27. The molecule has 0 saturated heterocycles. The number of rotatable bonds is 10. The summed E-state index contributed by atoms with van der Waals surface area (Å²) in [5, 5.41) is 10.2. The van der Waals surface area contributed by atoms with Crippen LogP contribution in [0, 0.1) is 11.8 Å². The highest BCUT2D eigenvalue weighted by Gasteiger charge is 2.16. The summed E-state index contributed by atoms with van der Waals surface area (Å²) in [6.45, 7) is 18.6. The van der Waals surface area contributed by atoms with E-state index in [9.17, 15) is 5.11 Å². The molecule has 0 aromatic heterocycles. The van der Waals surface area contributed by atoms with Crippen molar-refractivity contribution < 1.29 is 10.6 Å². The molecule has 0 aliphatic heterocycles. The minimum absolute atomic E-state index is 0. The third-order valence-electron chi connectivity index (χ3n) is 4.73. The Morgan fingerprint density at radius 3 is 2.58 bits per heavy atom. The van der Waals surface area contributed by atoms with Crippen molar-refractivity contribution in [3.05, 3.63) is 59.9 Å². The SMILES string of the molecule is C=C(CC(=C)C(C)C/C=C\C)/C(O)=C/CC1CC=C(CCC)C1.CC.O. The van der Waals surface area contributed by atoms with Crippen molar-refractivity contribution in [1.29, 1.82) is 0 Å². The van der Waals surface area contributed by atoms with E-state index in [1.54, 1.807) is 5.57 Å². The third kappa shape index (κ3) is 10.5. The highest BCUT2D eigenvalue weighted by atomic mass is 16.3. The van der Waals surface area contributed by atoms with Crippen LogP contribution in [0.25, 0.3) is 0 Å². The molecular formula is C24H42O2. The van der Waals surface area contributed by atoms with E-state index in [1.165, 1.54) is 19.3 Å². The summed E-state index contributed by atoms with van der Waals surface area (Å²) in [6.07, 6.45) is 16.0. The quantitative estimate of drug-likeness (QED) is 0.248. The Balaban J connectivity index is 0. The fourth-order valence-electron chi connectivity index (χ4n) is 3.04. The Labute approximate surface area is 162 Å². The topological polar surface area (TPSA) is 51.7 Å². The zero-order valence-corrected chi connectivity index (χ0v) is 17.8. The lowest BCUT2D eigenvalue weighted by molar-refractivity contribution is 0.412. The Morgan fingerprint density at radius 2 is 2.00 bits per heavy atom. The first-order valence-corrected chi connectivity index (χ1v) is 10.0. The van der Waals surface area contributed by atoms with Crippen LogP contribution in [0.1, 0.15) is 79.6 Å². The molecule has 0 aromatic carbocycles. The van der Waals surface area contributed by atoms with Crippen LogP contribution in [-0.2, 0) is 0 Å². The standard InChI is InChI=1S/C22H34O.C2H6.H2O/c1-6-8-10-17(3)18(4)15-19(5)22(23)14-13-21-12-11-20(16-21)9-7-2;1-2;/h6,8,11,14,17,21,23H,4-5,7,9-10,12-13,15-16H2,1-3H3;1-2H3;1H2/b8-6-,22-14-;;. The smallest absolute Gasteiger partial charge is 0.114 e. The Bertz CT molecular complexity index is 494. The first-order valence-electron chi connectivity index (χ1n) is 10.0. The lowest BCUT2D eigenvalue weighted by atomic mass is 9.92. The second-order valence-corrected chi connectivity index (χ2v) is 6.89. The number of aliphatic hydroxyl groups excluding tert-OH is 1. The van der Waals surface area contributed by atoms with Gasteiger partial charge in [-0.3, -0.25) is 0 Å². The van der Waals surface area contributed by atoms with Crippen LogP contribution >= 0.6 is 0 Å². The van der Waals surface area contributed by atoms with Crippen molar-refractivity contribution in [1.82, 2.24) is 0 Å². The Kier molecular flexibility index (Phi) is 16.1. The molecular weight excluding hydrogens is 320 g/mol. The van der Waals surface area contributed by atoms with Gasteiger partial charge in [0.2, 0.25) is 0 Å². The molecule has 1 aliphatic rings. The molecule has 3 N–H and O–H groups in total. The molecule has 2 nitrogen and oxygen atoms in total. The maximum Gasteiger partial charge on any atom is 0.114 e. The number of hydrogen-bond acceptors (Lipinski definition) is 1. The van der Waals surface area contributed by atoms with E-state index in [0.717, 1.165) is 30.4 Å². The van der Waals surface area contributed by atoms with Crippen LogP contribution in [0.4, 0.5) is 0 Å². The highest BCUT2D eigenvalue weighted by Crippen LogP contribution is 2.31. The van der Waals surface area contributed by atoms with Crippen LogP contribution in [0.5, 0.6) is 0 Å². The van der Waals surface area contributed by atoms with E-state index in [-0.39, 0.29) is 5.48 Å². The minimum Gasteiger partial charge on any atom is -0.508 e. The van der Waals surface area contributed by atoms with E-state index in [2.05, 4.69) is 45.2 Å². The van der Waals surface area contributed by atoms with Crippen LogP contribution in [0.3, 0.4) is 0 Å². The summed E-state index contributed by atoms with van der Waals surface area (Å²) >= 11 is 0. The van der Waals surface area contributed by atoms with Crippen molar-refractivity contribution in [3.63, 3.8) is 0 Å². The van der Waals surface area contributed by atoms with E-state index >= 15 is 0 Å². The summed E-state index contributed by atoms with van der Waals surface area (Å²) in [7, 11) is 0. The summed E-state index contributed by atoms with van der Waals surface area (Å²) in [6, 6.07) is 0. The monoisotopic (exact) mass is 362 g/mol. The average molecular weight is 363 g/mol. The predicted molar refractivity (Wildman–Crippen MR) is 117 cm³/mol. The van der Waals surface area contributed by atoms with Crippen molar-refractivity contribution in [2.24, 2.45) is 11.8 Å². The largest absolute Gasteiger partial charge is 0.508 e. The maximum absolute atomic E-state index is 10.2. The van der Waals surface area contributed by atoms with Gasteiger partial charge < -0.3 is 10.6 Å². The van der Waals surface area contributed by atoms with Crippen LogP contribution < -0.4 is 0 Å². The van der Waals surface area contributed by atoms with Gasteiger partial charge in [0.15, 0.2) is 0 Å². The second kappa shape index (κ2) is 15.7. The minimum atomic E-state index is 0. The molecule has 2 atom stereocenters. The van der Waals surface area contributed by atoms with Gasteiger partial charge in [-0.05, 0) is 68.9 Å². The molecule has 0 radical (unpaired) electrons. The van der Waals surface area contributed by atoms with Gasteiger partial charge in [-0.1, -0.05) is 76.6 Å². The van der Waals surface area contributed by atoms with Crippen molar-refractivity contribution in [3.8, 4) is 0 Å². The van der Waals surface area contributed by atoms with Gasteiger partial charge in [0.1, 0.15) is 5.76 Å². The Morgan fingerprint density at radius 1 is 1.35 bits per heavy atom. The summed E-state index contributed by atoms with van der Waals surface area (Å²) in [5.41, 5.74) is 3.53. The molecule has 1 aliphatic carbocycles. The summed E-state index contributed by atoms with van der Waals surface area (Å²) < 4.78 is 0. The molecule has 0 fully saturated rings. The van der Waals surface area contributed by atoms with Gasteiger partial charge in [-0.25, -0.2) is 0 Å². The molecule has 0 bridgehead atoms. The van der Waals surface area contributed by atoms with Crippen LogP contribution in [0.2, 0.25) is 0 Å². The van der Waals surface area contributed by atoms with E-state index in [4.69, 9.17) is 0 Å². The van der Waals surface area contributed by atoms with Crippen molar-refractivity contribution in [2.75, 3.05) is 0 Å². The van der Waals surface area contributed by atoms with E-state index in [0.29, 0.717) is 24.0 Å². The molecule has 0 spiro atoms. The lowest BCUT2D eigenvalue weighted by Gasteiger charge is -2.14. The van der Waals surface area contributed by atoms with Crippen molar-refractivity contribution in [2.45, 2.75) is 79.6 Å². The fourth-order valence-corrected chi connectivity index (χ4v) is 3.04. The van der Waals surface area contributed by atoms with Gasteiger partial charge in [0.25, 0.3) is 0 Å². The molecule has 0 saturated carbocycles. The number of allylic oxidation sites excluding steroid dienone is 7.